The molecule has 0 aliphatic heterocycles. The smallest absolute Gasteiger partial charge is 0.228 e. The van der Waals surface area contributed by atoms with Crippen LogP contribution in [0.4, 0.5) is 5.69 Å². The molecule has 16 heavy (non-hydrogen) atoms. The molecule has 1 atom stereocenters. The van der Waals surface area contributed by atoms with Crippen molar-refractivity contribution >= 4 is 11.6 Å². The highest BCUT2D eigenvalue weighted by Gasteiger charge is 2.12. The van der Waals surface area contributed by atoms with Crippen molar-refractivity contribution in [2.75, 3.05) is 11.9 Å². The second-order valence-electron chi connectivity index (χ2n) is 4.03. The predicted molar refractivity (Wildman–Crippen MR) is 67.3 cm³/mol. The fourth-order valence-corrected chi connectivity index (χ4v) is 1.49. The highest BCUT2D eigenvalue weighted by Crippen LogP contribution is 2.17. The number of amides is 1. The van der Waals surface area contributed by atoms with Gasteiger partial charge in [-0.1, -0.05) is 38.5 Å². The minimum atomic E-state index is -0.144. The highest BCUT2D eigenvalue weighted by atomic mass is 16.1. The lowest BCUT2D eigenvalue weighted by atomic mass is 10.1. The zero-order chi connectivity index (χ0) is 12.0. The predicted octanol–water partition coefficient (Wildman–Crippen LogP) is 2.17. The summed E-state index contributed by atoms with van der Waals surface area (Å²) < 4.78 is 0. The summed E-state index contributed by atoms with van der Waals surface area (Å²) in [5.41, 5.74) is 7.56. The summed E-state index contributed by atoms with van der Waals surface area (Å²) in [6.07, 6.45) is 2.05. The lowest BCUT2D eigenvalue weighted by Crippen LogP contribution is -2.27. The van der Waals surface area contributed by atoms with Crippen LogP contribution in [-0.2, 0) is 11.2 Å². The van der Waals surface area contributed by atoms with Gasteiger partial charge in [0.15, 0.2) is 0 Å². The van der Waals surface area contributed by atoms with E-state index in [2.05, 4.69) is 12.2 Å². The van der Waals surface area contributed by atoms with Crippen molar-refractivity contribution in [3.63, 3.8) is 0 Å². The van der Waals surface area contributed by atoms with Crippen molar-refractivity contribution in [1.29, 1.82) is 0 Å². The van der Waals surface area contributed by atoms with E-state index < -0.39 is 0 Å². The number of aryl methyl sites for hydroxylation is 1. The Bertz CT molecular complexity index is 350. The molecule has 0 spiro atoms. The van der Waals surface area contributed by atoms with E-state index in [1.54, 1.807) is 0 Å². The number of para-hydroxylation sites is 1. The van der Waals surface area contributed by atoms with E-state index in [1.807, 2.05) is 31.2 Å². The molecule has 0 bridgehead atoms. The van der Waals surface area contributed by atoms with E-state index in [1.165, 1.54) is 5.56 Å². The molecule has 0 aliphatic carbocycles. The van der Waals surface area contributed by atoms with E-state index in [9.17, 15) is 4.79 Å². The van der Waals surface area contributed by atoms with Crippen molar-refractivity contribution in [3.8, 4) is 0 Å². The molecular weight excluding hydrogens is 200 g/mol. The van der Waals surface area contributed by atoms with Crippen LogP contribution in [0.1, 0.15) is 25.8 Å². The second kappa shape index (κ2) is 6.28. The number of carbonyl (C=O) groups is 1. The van der Waals surface area contributed by atoms with Gasteiger partial charge in [0, 0.05) is 18.2 Å². The van der Waals surface area contributed by atoms with Gasteiger partial charge in [-0.2, -0.15) is 0 Å². The molecule has 3 heteroatoms. The molecule has 1 rings (SSSR count). The standard InChI is InChI=1S/C13H20N2O/c1-3-6-11-7-4-5-8-12(11)15-13(16)10(2)9-14/h4-5,7-8,10H,3,6,9,14H2,1-2H3,(H,15,16). The number of carbonyl (C=O) groups excluding carboxylic acids is 1. The number of benzene rings is 1. The van der Waals surface area contributed by atoms with Crippen molar-refractivity contribution in [2.24, 2.45) is 11.7 Å². The molecule has 3 nitrogen and oxygen atoms in total. The molecule has 0 saturated heterocycles. The number of nitrogens with two attached hydrogens (primary N) is 1. The lowest BCUT2D eigenvalue weighted by molar-refractivity contribution is -0.119. The molecule has 0 heterocycles. The first-order valence-electron chi connectivity index (χ1n) is 5.77. The van der Waals surface area contributed by atoms with Crippen molar-refractivity contribution < 1.29 is 4.79 Å². The molecule has 1 amide bonds. The molecule has 1 aromatic carbocycles. The summed E-state index contributed by atoms with van der Waals surface area (Å²) in [4.78, 5) is 11.7. The van der Waals surface area contributed by atoms with E-state index in [4.69, 9.17) is 5.73 Å². The summed E-state index contributed by atoms with van der Waals surface area (Å²) >= 11 is 0. The van der Waals surface area contributed by atoms with Crippen LogP contribution in [0, 0.1) is 5.92 Å². The van der Waals surface area contributed by atoms with Gasteiger partial charge in [0.05, 0.1) is 0 Å². The SMILES string of the molecule is CCCc1ccccc1NC(=O)C(C)CN. The molecule has 0 radical (unpaired) electrons. The Labute approximate surface area is 97.0 Å². The first-order valence-corrected chi connectivity index (χ1v) is 5.77. The van der Waals surface area contributed by atoms with Gasteiger partial charge in [0.2, 0.25) is 5.91 Å². The average molecular weight is 220 g/mol. The Morgan fingerprint density at radius 1 is 1.44 bits per heavy atom. The molecule has 0 saturated carbocycles. The second-order valence-corrected chi connectivity index (χ2v) is 4.03. The van der Waals surface area contributed by atoms with Crippen LogP contribution in [0.25, 0.3) is 0 Å². The lowest BCUT2D eigenvalue weighted by Gasteiger charge is -2.13. The van der Waals surface area contributed by atoms with Crippen LogP contribution in [0.15, 0.2) is 24.3 Å². The molecule has 1 aromatic rings. The first-order chi connectivity index (χ1) is 7.69. The quantitative estimate of drug-likeness (QED) is 0.799. The summed E-state index contributed by atoms with van der Waals surface area (Å²) in [6, 6.07) is 7.91. The van der Waals surface area contributed by atoms with Gasteiger partial charge in [-0.05, 0) is 18.1 Å². The van der Waals surface area contributed by atoms with Gasteiger partial charge in [0.25, 0.3) is 0 Å². The maximum atomic E-state index is 11.7. The van der Waals surface area contributed by atoms with Crippen molar-refractivity contribution in [2.45, 2.75) is 26.7 Å². The highest BCUT2D eigenvalue weighted by molar-refractivity contribution is 5.93. The minimum Gasteiger partial charge on any atom is -0.330 e. The van der Waals surface area contributed by atoms with Gasteiger partial charge in [-0.25, -0.2) is 0 Å². The van der Waals surface area contributed by atoms with Gasteiger partial charge in [-0.3, -0.25) is 4.79 Å². The van der Waals surface area contributed by atoms with Crippen molar-refractivity contribution in [1.82, 2.24) is 0 Å². The number of hydrogen-bond acceptors (Lipinski definition) is 2. The molecule has 88 valence electrons. The molecule has 1 unspecified atom stereocenters. The maximum Gasteiger partial charge on any atom is 0.228 e. The van der Waals surface area contributed by atoms with Crippen LogP contribution >= 0.6 is 0 Å². The number of rotatable bonds is 5. The molecular formula is C13H20N2O. The average Bonchev–Trinajstić information content (AvgIpc) is 2.31. The number of nitrogens with one attached hydrogen (secondary N) is 1. The van der Waals surface area contributed by atoms with E-state index >= 15 is 0 Å². The monoisotopic (exact) mass is 220 g/mol. The van der Waals surface area contributed by atoms with Crippen LogP contribution < -0.4 is 11.1 Å². The third-order valence-electron chi connectivity index (χ3n) is 2.60. The van der Waals surface area contributed by atoms with Gasteiger partial charge in [-0.15, -0.1) is 0 Å². The summed E-state index contributed by atoms with van der Waals surface area (Å²) in [7, 11) is 0. The Morgan fingerprint density at radius 3 is 2.75 bits per heavy atom. The van der Waals surface area contributed by atoms with E-state index in [0.717, 1.165) is 18.5 Å². The fraction of sp³-hybridized carbons (Fsp3) is 0.462. The van der Waals surface area contributed by atoms with Crippen molar-refractivity contribution in [3.05, 3.63) is 29.8 Å². The van der Waals surface area contributed by atoms with Gasteiger partial charge >= 0.3 is 0 Å². The number of hydrogen-bond donors (Lipinski definition) is 2. The maximum absolute atomic E-state index is 11.7. The van der Waals surface area contributed by atoms with Crippen LogP contribution in [0.3, 0.4) is 0 Å². The third-order valence-corrected chi connectivity index (χ3v) is 2.60. The molecule has 3 N–H and O–H groups in total. The third kappa shape index (κ3) is 3.35. The van der Waals surface area contributed by atoms with Crippen LogP contribution in [0.5, 0.6) is 0 Å². The molecule has 0 aromatic heterocycles. The normalized spacial score (nSPS) is 12.2. The topological polar surface area (TPSA) is 55.1 Å². The van der Waals surface area contributed by atoms with Crippen LogP contribution in [-0.4, -0.2) is 12.5 Å². The summed E-state index contributed by atoms with van der Waals surface area (Å²) in [6.45, 7) is 4.33. The largest absolute Gasteiger partial charge is 0.330 e. The van der Waals surface area contributed by atoms with Gasteiger partial charge < -0.3 is 11.1 Å². The Balaban J connectivity index is 2.76. The molecule has 0 aliphatic rings. The Kier molecular flexibility index (Phi) is 4.99. The zero-order valence-electron chi connectivity index (χ0n) is 9.99. The van der Waals surface area contributed by atoms with E-state index in [-0.39, 0.29) is 11.8 Å². The summed E-state index contributed by atoms with van der Waals surface area (Å²) in [5, 5.41) is 2.93. The van der Waals surface area contributed by atoms with E-state index in [0.29, 0.717) is 6.54 Å². The first kappa shape index (κ1) is 12.7. The summed E-state index contributed by atoms with van der Waals surface area (Å²) in [5.74, 6) is -0.152. The minimum absolute atomic E-state index is 0.00828. The Hall–Kier alpha value is -1.35. The van der Waals surface area contributed by atoms with Crippen LogP contribution in [0.2, 0.25) is 0 Å². The fourth-order valence-electron chi connectivity index (χ4n) is 1.49. The molecule has 0 fully saturated rings. The van der Waals surface area contributed by atoms with Gasteiger partial charge in [0.1, 0.15) is 0 Å². The number of anilines is 1. The zero-order valence-corrected chi connectivity index (χ0v) is 9.99. The Morgan fingerprint density at radius 2 is 2.12 bits per heavy atom.